The Morgan fingerprint density at radius 3 is 2.77 bits per heavy atom. The fraction of sp³-hybridized carbons (Fsp3) is 0.600. The third-order valence-corrected chi connectivity index (χ3v) is 5.89. The number of rotatable bonds is 13. The summed E-state index contributed by atoms with van der Waals surface area (Å²) in [4.78, 5) is 19.1. The fourth-order valence-electron chi connectivity index (χ4n) is 4.04. The Bertz CT molecular complexity index is 769. The smallest absolute Gasteiger partial charge is 0.226 e. The van der Waals surface area contributed by atoms with Crippen molar-refractivity contribution < 1.29 is 13.9 Å². The van der Waals surface area contributed by atoms with E-state index < -0.39 is 0 Å². The highest BCUT2D eigenvalue weighted by Gasteiger charge is 2.19. The molecule has 0 bridgehead atoms. The molecular weight excluding hydrogens is 376 g/mol. The van der Waals surface area contributed by atoms with Gasteiger partial charge in [0.1, 0.15) is 17.8 Å². The molecule has 1 aromatic carbocycles. The predicted molar refractivity (Wildman–Crippen MR) is 120 cm³/mol. The highest BCUT2D eigenvalue weighted by molar-refractivity contribution is 5.80. The van der Waals surface area contributed by atoms with E-state index in [9.17, 15) is 4.79 Å². The van der Waals surface area contributed by atoms with Crippen molar-refractivity contribution in [1.82, 2.24) is 9.88 Å². The summed E-state index contributed by atoms with van der Waals surface area (Å²) in [6.07, 6.45) is 10.7. The highest BCUT2D eigenvalue weighted by Crippen LogP contribution is 2.23. The normalized spacial score (nSPS) is 16.8. The number of hydrogen-bond donors (Lipinski definition) is 0. The van der Waals surface area contributed by atoms with Crippen molar-refractivity contribution in [2.45, 2.75) is 77.7 Å². The van der Waals surface area contributed by atoms with Crippen molar-refractivity contribution in [1.29, 1.82) is 0 Å². The van der Waals surface area contributed by atoms with Crippen LogP contribution in [0.25, 0.3) is 11.5 Å². The number of ketones is 1. The van der Waals surface area contributed by atoms with Gasteiger partial charge in [-0.15, -0.1) is 0 Å². The van der Waals surface area contributed by atoms with Gasteiger partial charge in [-0.2, -0.15) is 0 Å². The molecule has 1 aromatic heterocycles. The third-order valence-electron chi connectivity index (χ3n) is 5.89. The van der Waals surface area contributed by atoms with Crippen LogP contribution in [-0.4, -0.2) is 41.4 Å². The van der Waals surface area contributed by atoms with Crippen molar-refractivity contribution >= 4 is 5.78 Å². The van der Waals surface area contributed by atoms with Crippen LogP contribution in [0.15, 0.2) is 34.9 Å². The zero-order chi connectivity index (χ0) is 21.2. The SMILES string of the molecule is CCCCCCC(=O)Cc1coc(-c2ccc(OCCCN3CCCC3C)cc2)n1. The van der Waals surface area contributed by atoms with E-state index in [1.165, 1.54) is 32.2 Å². The Hall–Kier alpha value is -2.14. The Morgan fingerprint density at radius 2 is 2.03 bits per heavy atom. The van der Waals surface area contributed by atoms with E-state index in [1.807, 2.05) is 24.3 Å². The lowest BCUT2D eigenvalue weighted by molar-refractivity contribution is -0.118. The predicted octanol–water partition coefficient (Wildman–Crippen LogP) is 5.68. The van der Waals surface area contributed by atoms with Crippen LogP contribution >= 0.6 is 0 Å². The Balaban J connectivity index is 1.40. The number of Topliss-reactive ketones (excluding diaryl/α,β-unsaturated/α-hetero) is 1. The molecule has 0 radical (unpaired) electrons. The Labute approximate surface area is 180 Å². The maximum Gasteiger partial charge on any atom is 0.226 e. The average Bonchev–Trinajstić information content (AvgIpc) is 3.38. The molecule has 5 nitrogen and oxygen atoms in total. The van der Waals surface area contributed by atoms with Crippen LogP contribution in [0.1, 0.15) is 70.9 Å². The van der Waals surface area contributed by atoms with Crippen molar-refractivity contribution in [3.63, 3.8) is 0 Å². The minimum absolute atomic E-state index is 0.234. The number of carbonyl (C=O) groups is 1. The number of unbranched alkanes of at least 4 members (excludes halogenated alkanes) is 3. The first-order valence-corrected chi connectivity index (χ1v) is 11.6. The summed E-state index contributed by atoms with van der Waals surface area (Å²) >= 11 is 0. The van der Waals surface area contributed by atoms with Gasteiger partial charge in [-0.1, -0.05) is 26.2 Å². The summed E-state index contributed by atoms with van der Waals surface area (Å²) in [5, 5.41) is 0. The summed E-state index contributed by atoms with van der Waals surface area (Å²) in [7, 11) is 0. The third kappa shape index (κ3) is 6.98. The standard InChI is InChI=1S/C25H36N2O3/c1-3-4-5-6-10-23(28)18-22-19-30-25(26-22)21-11-13-24(14-12-21)29-17-8-16-27-15-7-9-20(27)2/h11-14,19-20H,3-10,15-18H2,1-2H3. The van der Waals surface area contributed by atoms with Crippen LogP contribution in [-0.2, 0) is 11.2 Å². The average molecular weight is 413 g/mol. The lowest BCUT2D eigenvalue weighted by atomic mass is 10.1. The number of likely N-dealkylation sites (tertiary alicyclic amines) is 1. The summed E-state index contributed by atoms with van der Waals surface area (Å²) < 4.78 is 11.5. The van der Waals surface area contributed by atoms with Crippen molar-refractivity contribution in [2.24, 2.45) is 0 Å². The molecule has 0 N–H and O–H groups in total. The monoisotopic (exact) mass is 412 g/mol. The number of oxazole rings is 1. The molecular formula is C25H36N2O3. The summed E-state index contributed by atoms with van der Waals surface area (Å²) in [5.41, 5.74) is 1.61. The van der Waals surface area contributed by atoms with E-state index in [4.69, 9.17) is 9.15 Å². The van der Waals surface area contributed by atoms with Gasteiger partial charge in [0.05, 0.1) is 18.7 Å². The fourth-order valence-corrected chi connectivity index (χ4v) is 4.04. The van der Waals surface area contributed by atoms with Crippen molar-refractivity contribution in [2.75, 3.05) is 19.7 Å². The maximum atomic E-state index is 12.1. The van der Waals surface area contributed by atoms with Crippen LogP contribution in [0, 0.1) is 0 Å². The number of benzene rings is 1. The van der Waals surface area contributed by atoms with Gasteiger partial charge in [-0.3, -0.25) is 4.79 Å². The van der Waals surface area contributed by atoms with E-state index in [-0.39, 0.29) is 5.78 Å². The molecule has 1 unspecified atom stereocenters. The lowest BCUT2D eigenvalue weighted by Gasteiger charge is -2.20. The first-order valence-electron chi connectivity index (χ1n) is 11.6. The molecule has 164 valence electrons. The Kier molecular flexibility index (Phi) is 8.94. The van der Waals surface area contributed by atoms with Crippen LogP contribution < -0.4 is 4.74 Å². The molecule has 5 heteroatoms. The number of hydrogen-bond acceptors (Lipinski definition) is 5. The van der Waals surface area contributed by atoms with Gasteiger partial charge >= 0.3 is 0 Å². The molecule has 1 aliphatic heterocycles. The molecule has 2 aromatic rings. The van der Waals surface area contributed by atoms with Crippen molar-refractivity contribution in [3.05, 3.63) is 36.2 Å². The van der Waals surface area contributed by atoms with E-state index >= 15 is 0 Å². The van der Waals surface area contributed by atoms with Gasteiger partial charge in [-0.05, 0) is 63.4 Å². The van der Waals surface area contributed by atoms with Gasteiger partial charge in [-0.25, -0.2) is 4.98 Å². The van der Waals surface area contributed by atoms with Crippen LogP contribution in [0.3, 0.4) is 0 Å². The minimum atomic E-state index is 0.234. The van der Waals surface area contributed by atoms with Gasteiger partial charge in [0.25, 0.3) is 0 Å². The van der Waals surface area contributed by atoms with Crippen LogP contribution in [0.5, 0.6) is 5.75 Å². The molecule has 0 spiro atoms. The zero-order valence-corrected chi connectivity index (χ0v) is 18.6. The minimum Gasteiger partial charge on any atom is -0.494 e. The van der Waals surface area contributed by atoms with Crippen molar-refractivity contribution in [3.8, 4) is 17.2 Å². The first-order chi connectivity index (χ1) is 14.7. The molecule has 3 rings (SSSR count). The largest absolute Gasteiger partial charge is 0.494 e. The quantitative estimate of drug-likeness (QED) is 0.396. The van der Waals surface area contributed by atoms with Gasteiger partial charge in [0.2, 0.25) is 5.89 Å². The molecule has 1 aliphatic rings. The number of carbonyl (C=O) groups excluding carboxylic acids is 1. The topological polar surface area (TPSA) is 55.6 Å². The molecule has 0 saturated carbocycles. The summed E-state index contributed by atoms with van der Waals surface area (Å²) in [5.74, 6) is 1.65. The molecule has 0 aliphatic carbocycles. The van der Waals surface area contributed by atoms with Gasteiger partial charge < -0.3 is 14.1 Å². The van der Waals surface area contributed by atoms with E-state index in [2.05, 4.69) is 23.7 Å². The van der Waals surface area contributed by atoms with Crippen LogP contribution in [0.4, 0.5) is 0 Å². The second kappa shape index (κ2) is 11.9. The molecule has 30 heavy (non-hydrogen) atoms. The number of nitrogens with zero attached hydrogens (tertiary/aromatic N) is 2. The Morgan fingerprint density at radius 1 is 1.20 bits per heavy atom. The molecule has 1 atom stereocenters. The second-order valence-electron chi connectivity index (χ2n) is 8.42. The lowest BCUT2D eigenvalue weighted by Crippen LogP contribution is -2.28. The van der Waals surface area contributed by atoms with Crippen LogP contribution in [0.2, 0.25) is 0 Å². The summed E-state index contributed by atoms with van der Waals surface area (Å²) in [6.45, 7) is 7.54. The molecule has 0 amide bonds. The summed E-state index contributed by atoms with van der Waals surface area (Å²) in [6, 6.07) is 8.54. The first kappa shape index (κ1) is 22.5. The number of aromatic nitrogens is 1. The second-order valence-corrected chi connectivity index (χ2v) is 8.42. The molecule has 1 saturated heterocycles. The van der Waals surface area contributed by atoms with Gasteiger partial charge in [0.15, 0.2) is 0 Å². The maximum absolute atomic E-state index is 12.1. The molecule has 1 fully saturated rings. The zero-order valence-electron chi connectivity index (χ0n) is 18.6. The van der Waals surface area contributed by atoms with E-state index in [0.29, 0.717) is 30.5 Å². The number of ether oxygens (including phenoxy) is 1. The van der Waals surface area contributed by atoms with E-state index in [1.54, 1.807) is 6.26 Å². The van der Waals surface area contributed by atoms with Gasteiger partial charge in [0, 0.05) is 24.6 Å². The van der Waals surface area contributed by atoms with E-state index in [0.717, 1.165) is 43.7 Å². The molecule has 2 heterocycles. The highest BCUT2D eigenvalue weighted by atomic mass is 16.5.